The molecule has 1 aromatic rings. The molecule has 1 saturated carbocycles. The molecule has 3 rings (SSSR count). The molecule has 2 fully saturated rings. The van der Waals surface area contributed by atoms with Crippen LogP contribution in [0.3, 0.4) is 0 Å². The first-order valence-electron chi connectivity index (χ1n) is 11.0. The summed E-state index contributed by atoms with van der Waals surface area (Å²) in [5, 5.41) is 3.02. The summed E-state index contributed by atoms with van der Waals surface area (Å²) in [5.41, 5.74) is 7.67. The van der Waals surface area contributed by atoms with Gasteiger partial charge in [0.2, 0.25) is 5.91 Å². The molecule has 1 aromatic carbocycles. The van der Waals surface area contributed by atoms with Gasteiger partial charge < -0.3 is 20.7 Å². The van der Waals surface area contributed by atoms with Crippen molar-refractivity contribution in [1.82, 2.24) is 4.90 Å². The third kappa shape index (κ3) is 6.03. The van der Waals surface area contributed by atoms with Crippen molar-refractivity contribution in [3.63, 3.8) is 0 Å². The maximum atomic E-state index is 13.1. The van der Waals surface area contributed by atoms with Gasteiger partial charge in [0.25, 0.3) is 5.91 Å². The normalized spacial score (nSPS) is 19.0. The van der Waals surface area contributed by atoms with Crippen molar-refractivity contribution in [2.24, 2.45) is 17.1 Å². The molecule has 1 heterocycles. The Balaban J connectivity index is 1.65. The number of nitrogens with zero attached hydrogens (tertiary/aromatic N) is 2. The SMILES string of the molecule is CC(C)(C)CN(CC1CCC1)[C@@H](CN)C(=O)Nc1ccc(N2CCOCC2=O)cc1. The van der Waals surface area contributed by atoms with E-state index >= 15 is 0 Å². The average molecular weight is 417 g/mol. The highest BCUT2D eigenvalue weighted by Gasteiger charge is 2.31. The number of ether oxygens (including phenoxy) is 1. The van der Waals surface area contributed by atoms with E-state index < -0.39 is 0 Å². The second kappa shape index (κ2) is 9.90. The van der Waals surface area contributed by atoms with Crippen LogP contribution in [0.1, 0.15) is 40.0 Å². The van der Waals surface area contributed by atoms with Crippen molar-refractivity contribution in [3.8, 4) is 0 Å². The third-order valence-corrected chi connectivity index (χ3v) is 5.79. The second-order valence-corrected chi connectivity index (χ2v) is 9.67. The van der Waals surface area contributed by atoms with Crippen LogP contribution in [0.25, 0.3) is 0 Å². The number of nitrogens with one attached hydrogen (secondary N) is 1. The molecule has 0 bridgehead atoms. The van der Waals surface area contributed by atoms with Crippen LogP contribution in [-0.2, 0) is 14.3 Å². The molecular formula is C23H36N4O3. The van der Waals surface area contributed by atoms with Crippen molar-refractivity contribution < 1.29 is 14.3 Å². The fourth-order valence-electron chi connectivity index (χ4n) is 4.08. The molecule has 30 heavy (non-hydrogen) atoms. The first-order valence-corrected chi connectivity index (χ1v) is 11.0. The zero-order valence-corrected chi connectivity index (χ0v) is 18.5. The maximum absolute atomic E-state index is 13.1. The average Bonchev–Trinajstić information content (AvgIpc) is 2.65. The molecule has 3 N–H and O–H groups in total. The van der Waals surface area contributed by atoms with Gasteiger partial charge in [-0.05, 0) is 48.4 Å². The van der Waals surface area contributed by atoms with Crippen molar-refractivity contribution >= 4 is 23.2 Å². The minimum Gasteiger partial charge on any atom is -0.370 e. The third-order valence-electron chi connectivity index (χ3n) is 5.79. The Morgan fingerprint density at radius 3 is 2.53 bits per heavy atom. The van der Waals surface area contributed by atoms with Gasteiger partial charge in [-0.25, -0.2) is 0 Å². The molecule has 1 saturated heterocycles. The predicted molar refractivity (Wildman–Crippen MR) is 119 cm³/mol. The van der Waals surface area contributed by atoms with Crippen molar-refractivity contribution in [2.75, 3.05) is 49.6 Å². The standard InChI is InChI=1S/C23H36N4O3/c1-23(2,3)16-26(14-17-5-4-6-17)20(13-24)22(29)25-18-7-9-19(10-8-18)27-11-12-30-15-21(27)28/h7-10,17,20H,4-6,11-16,24H2,1-3H3,(H,25,29)/t20-/m0/s1. The van der Waals surface area contributed by atoms with Crippen LogP contribution in [-0.4, -0.2) is 62.1 Å². The summed E-state index contributed by atoms with van der Waals surface area (Å²) in [7, 11) is 0. The van der Waals surface area contributed by atoms with E-state index in [1.807, 2.05) is 24.3 Å². The van der Waals surface area contributed by atoms with Crippen LogP contribution < -0.4 is 16.0 Å². The van der Waals surface area contributed by atoms with Crippen LogP contribution >= 0.6 is 0 Å². The zero-order chi connectivity index (χ0) is 21.7. The molecule has 1 aliphatic carbocycles. The lowest BCUT2D eigenvalue weighted by molar-refractivity contribution is -0.125. The second-order valence-electron chi connectivity index (χ2n) is 9.67. The van der Waals surface area contributed by atoms with Gasteiger partial charge in [0.05, 0.1) is 6.61 Å². The number of hydrogen-bond acceptors (Lipinski definition) is 5. The summed E-state index contributed by atoms with van der Waals surface area (Å²) in [6.45, 7) is 9.81. The molecule has 166 valence electrons. The fourth-order valence-corrected chi connectivity index (χ4v) is 4.08. The van der Waals surface area contributed by atoms with Gasteiger partial charge in [0.1, 0.15) is 12.6 Å². The summed E-state index contributed by atoms with van der Waals surface area (Å²) >= 11 is 0. The quantitative estimate of drug-likeness (QED) is 0.680. The Kier molecular flexibility index (Phi) is 7.50. The minimum atomic E-state index is -0.356. The number of amides is 2. The van der Waals surface area contributed by atoms with E-state index in [-0.39, 0.29) is 36.4 Å². The molecule has 2 amide bonds. The number of nitrogens with two attached hydrogens (primary N) is 1. The summed E-state index contributed by atoms with van der Waals surface area (Å²) in [6.07, 6.45) is 3.76. The molecule has 0 spiro atoms. The lowest BCUT2D eigenvalue weighted by Gasteiger charge is -2.39. The highest BCUT2D eigenvalue weighted by Crippen LogP contribution is 2.29. The van der Waals surface area contributed by atoms with E-state index in [0.29, 0.717) is 24.8 Å². The molecule has 2 aliphatic rings. The Morgan fingerprint density at radius 2 is 2.00 bits per heavy atom. The van der Waals surface area contributed by atoms with Gasteiger partial charge in [0.15, 0.2) is 0 Å². The zero-order valence-electron chi connectivity index (χ0n) is 18.5. The number of anilines is 2. The first kappa shape index (κ1) is 22.7. The van der Waals surface area contributed by atoms with Crippen molar-refractivity contribution in [3.05, 3.63) is 24.3 Å². The van der Waals surface area contributed by atoms with Crippen LogP contribution in [0.5, 0.6) is 0 Å². The number of morpholine rings is 1. The Bertz CT molecular complexity index is 725. The van der Waals surface area contributed by atoms with Gasteiger partial charge in [-0.3, -0.25) is 14.5 Å². The van der Waals surface area contributed by atoms with Gasteiger partial charge in [-0.15, -0.1) is 0 Å². The number of hydrogen-bond donors (Lipinski definition) is 2. The number of carbonyl (C=O) groups excluding carboxylic acids is 2. The van der Waals surface area contributed by atoms with E-state index in [1.54, 1.807) is 4.90 Å². The number of benzene rings is 1. The minimum absolute atomic E-state index is 0.0463. The Labute approximate surface area is 179 Å². The summed E-state index contributed by atoms with van der Waals surface area (Å²) in [6, 6.07) is 7.03. The predicted octanol–water partition coefficient (Wildman–Crippen LogP) is 2.46. The van der Waals surface area contributed by atoms with Crippen LogP contribution in [0.15, 0.2) is 24.3 Å². The molecule has 7 heteroatoms. The molecule has 0 aromatic heterocycles. The lowest BCUT2D eigenvalue weighted by atomic mass is 9.84. The van der Waals surface area contributed by atoms with Crippen molar-refractivity contribution in [1.29, 1.82) is 0 Å². The first-order chi connectivity index (χ1) is 14.3. The van der Waals surface area contributed by atoms with E-state index in [2.05, 4.69) is 31.0 Å². The number of rotatable bonds is 8. The highest BCUT2D eigenvalue weighted by atomic mass is 16.5. The van der Waals surface area contributed by atoms with Crippen LogP contribution in [0.2, 0.25) is 0 Å². The monoisotopic (exact) mass is 416 g/mol. The van der Waals surface area contributed by atoms with E-state index in [0.717, 1.165) is 18.8 Å². The molecule has 1 aliphatic heterocycles. The molecule has 0 unspecified atom stereocenters. The molecular weight excluding hydrogens is 380 g/mol. The van der Waals surface area contributed by atoms with Gasteiger partial charge in [0, 0.05) is 37.6 Å². The molecule has 1 atom stereocenters. The maximum Gasteiger partial charge on any atom is 0.253 e. The van der Waals surface area contributed by atoms with Gasteiger partial charge in [-0.2, -0.15) is 0 Å². The Morgan fingerprint density at radius 1 is 1.30 bits per heavy atom. The van der Waals surface area contributed by atoms with Crippen LogP contribution in [0.4, 0.5) is 11.4 Å². The molecule has 7 nitrogen and oxygen atoms in total. The van der Waals surface area contributed by atoms with Crippen molar-refractivity contribution in [2.45, 2.75) is 46.1 Å². The topological polar surface area (TPSA) is 87.9 Å². The summed E-state index contributed by atoms with van der Waals surface area (Å²) < 4.78 is 5.18. The number of carbonyl (C=O) groups is 2. The molecule has 0 radical (unpaired) electrons. The smallest absolute Gasteiger partial charge is 0.253 e. The van der Waals surface area contributed by atoms with E-state index in [4.69, 9.17) is 10.5 Å². The van der Waals surface area contributed by atoms with E-state index in [1.165, 1.54) is 19.3 Å². The van der Waals surface area contributed by atoms with Gasteiger partial charge in [-0.1, -0.05) is 27.2 Å². The van der Waals surface area contributed by atoms with Crippen LogP contribution in [0, 0.1) is 11.3 Å². The van der Waals surface area contributed by atoms with Gasteiger partial charge >= 0.3 is 0 Å². The summed E-state index contributed by atoms with van der Waals surface area (Å²) in [5.74, 6) is 0.547. The fraction of sp³-hybridized carbons (Fsp3) is 0.652. The highest BCUT2D eigenvalue weighted by molar-refractivity contribution is 5.97. The lowest BCUT2D eigenvalue weighted by Crippen LogP contribution is -2.53. The Hall–Kier alpha value is -1.96. The summed E-state index contributed by atoms with van der Waals surface area (Å²) in [4.78, 5) is 29.1. The van der Waals surface area contributed by atoms with E-state index in [9.17, 15) is 9.59 Å². The largest absolute Gasteiger partial charge is 0.370 e.